The molecule has 0 unspecified atom stereocenters. The summed E-state index contributed by atoms with van der Waals surface area (Å²) < 4.78 is 12.0. The van der Waals surface area contributed by atoms with Gasteiger partial charge in [0.25, 0.3) is 0 Å². The van der Waals surface area contributed by atoms with Crippen molar-refractivity contribution in [3.05, 3.63) is 23.3 Å². The molecular formula is C28H38O7. The van der Waals surface area contributed by atoms with E-state index in [-0.39, 0.29) is 36.1 Å². The molecule has 5 fully saturated rings. The van der Waals surface area contributed by atoms with E-state index in [9.17, 15) is 25.2 Å². The third-order valence-electron chi connectivity index (χ3n) is 12.4. The Hall–Kier alpha value is -1.09. The average Bonchev–Trinajstić information content (AvgIpc) is 3.07. The molecule has 2 aliphatic heterocycles. The van der Waals surface area contributed by atoms with E-state index in [4.69, 9.17) is 9.47 Å². The van der Waals surface area contributed by atoms with Crippen molar-refractivity contribution >= 4 is 5.78 Å². The average molecular weight is 487 g/mol. The second kappa shape index (κ2) is 6.30. The van der Waals surface area contributed by atoms with Gasteiger partial charge < -0.3 is 29.9 Å². The molecule has 0 aromatic rings. The third kappa shape index (κ3) is 2.30. The van der Waals surface area contributed by atoms with Gasteiger partial charge in [0.15, 0.2) is 12.1 Å². The van der Waals surface area contributed by atoms with Crippen molar-refractivity contribution in [1.29, 1.82) is 0 Å². The Kier molecular flexibility index (Phi) is 4.15. The maximum Gasteiger partial charge on any atom is 0.186 e. The Balaban J connectivity index is 1.28. The molecule has 192 valence electrons. The normalized spacial score (nSPS) is 62.3. The van der Waals surface area contributed by atoms with E-state index in [1.54, 1.807) is 12.2 Å². The van der Waals surface area contributed by atoms with Gasteiger partial charge in [-0.25, -0.2) is 0 Å². The number of fused-ring (bicyclic) bond motifs is 9. The number of epoxide rings is 1. The zero-order valence-electron chi connectivity index (χ0n) is 21.1. The molecule has 7 nitrogen and oxygen atoms in total. The highest BCUT2D eigenvalue weighted by Crippen LogP contribution is 2.73. The van der Waals surface area contributed by atoms with E-state index < -0.39 is 45.6 Å². The van der Waals surface area contributed by atoms with Crippen LogP contribution in [0.3, 0.4) is 0 Å². The second-order valence-corrected chi connectivity index (χ2v) is 13.5. The van der Waals surface area contributed by atoms with Crippen molar-refractivity contribution < 1.29 is 34.7 Å². The number of hydrogen-bond acceptors (Lipinski definition) is 7. The number of ether oxygens (including phenoxy) is 2. The summed E-state index contributed by atoms with van der Waals surface area (Å²) in [6.07, 6.45) is 5.04. The van der Waals surface area contributed by atoms with Crippen molar-refractivity contribution in [3.8, 4) is 0 Å². The van der Waals surface area contributed by atoms with Crippen LogP contribution in [0, 0.1) is 28.6 Å². The zero-order chi connectivity index (χ0) is 25.0. The molecule has 2 saturated heterocycles. The number of allylic oxidation sites excluding steroid dienone is 1. The molecule has 0 amide bonds. The van der Waals surface area contributed by atoms with E-state index >= 15 is 0 Å². The largest absolute Gasteiger partial charge is 0.390 e. The molecule has 0 aromatic carbocycles. The molecule has 7 rings (SSSR count). The molecule has 4 N–H and O–H groups in total. The third-order valence-corrected chi connectivity index (χ3v) is 12.4. The summed E-state index contributed by atoms with van der Waals surface area (Å²) >= 11 is 0. The van der Waals surface area contributed by atoms with Crippen LogP contribution in [0.25, 0.3) is 0 Å². The molecular weight excluding hydrogens is 448 g/mol. The minimum atomic E-state index is -1.46. The zero-order valence-corrected chi connectivity index (χ0v) is 21.1. The van der Waals surface area contributed by atoms with Gasteiger partial charge in [-0.15, -0.1) is 0 Å². The lowest BCUT2D eigenvalue weighted by molar-refractivity contribution is -0.225. The predicted octanol–water partition coefficient (Wildman–Crippen LogP) is 2.16. The van der Waals surface area contributed by atoms with Crippen LogP contribution in [0.4, 0.5) is 0 Å². The first-order chi connectivity index (χ1) is 16.3. The van der Waals surface area contributed by atoms with E-state index in [1.165, 1.54) is 5.57 Å². The SMILES string of the molecule is C[C@]12CC[C@H]3C(=C1[C@H]1C[C@H]([C@H]4C[C@]5(C)O[C@]5(C)[C@H](O)O4)[C@]2(O)C1)C[C@@H](O)[C@@]1(O)CC=CC(=O)[C@]31C. The number of rotatable bonds is 1. The summed E-state index contributed by atoms with van der Waals surface area (Å²) in [5.41, 5.74) is -2.79. The Bertz CT molecular complexity index is 1100. The van der Waals surface area contributed by atoms with Gasteiger partial charge in [0.2, 0.25) is 0 Å². The highest BCUT2D eigenvalue weighted by atomic mass is 16.7. The first-order valence-corrected chi connectivity index (χ1v) is 13.4. The van der Waals surface area contributed by atoms with E-state index in [2.05, 4.69) is 6.92 Å². The smallest absolute Gasteiger partial charge is 0.186 e. The Labute approximate surface area is 206 Å². The monoisotopic (exact) mass is 486 g/mol. The van der Waals surface area contributed by atoms with Gasteiger partial charge >= 0.3 is 0 Å². The number of aliphatic hydroxyl groups is 4. The Morgan fingerprint density at radius 1 is 1.06 bits per heavy atom. The number of carbonyl (C=O) groups is 1. The molecule has 0 spiro atoms. The molecule has 2 bridgehead atoms. The van der Waals surface area contributed by atoms with Crippen LogP contribution in [0.2, 0.25) is 0 Å². The van der Waals surface area contributed by atoms with Crippen LogP contribution in [-0.2, 0) is 14.3 Å². The van der Waals surface area contributed by atoms with Crippen LogP contribution in [0.15, 0.2) is 23.3 Å². The van der Waals surface area contributed by atoms with E-state index in [0.717, 1.165) is 18.4 Å². The summed E-state index contributed by atoms with van der Waals surface area (Å²) in [5, 5.41) is 45.8. The predicted molar refractivity (Wildman–Crippen MR) is 125 cm³/mol. The topological polar surface area (TPSA) is 120 Å². The van der Waals surface area contributed by atoms with Crippen LogP contribution < -0.4 is 0 Å². The Morgan fingerprint density at radius 3 is 2.51 bits per heavy atom. The molecule has 2 heterocycles. The highest BCUT2D eigenvalue weighted by Gasteiger charge is 2.76. The molecule has 12 atom stereocenters. The standard InChI is InChI=1S/C28H38O7/c1-23-9-7-16-15(11-20(30)27(32)8-5-6-19(29)25(16,27)3)21(23)14-10-17(28(23,33)12-14)18-13-24(2)26(4,35-24)22(31)34-18/h5-6,14,16-18,20,22,30-33H,7-13H2,1-4H3/t14-,16-,17+,18+,20+,22+,23-,24-,25-,26+,27-,28+/m0/s1. The van der Waals surface area contributed by atoms with Crippen LogP contribution >= 0.6 is 0 Å². The van der Waals surface area contributed by atoms with Crippen LogP contribution in [0.5, 0.6) is 0 Å². The fourth-order valence-electron chi connectivity index (χ4n) is 10.0. The van der Waals surface area contributed by atoms with Gasteiger partial charge in [-0.1, -0.05) is 24.1 Å². The molecule has 7 aliphatic rings. The van der Waals surface area contributed by atoms with Gasteiger partial charge in [0.05, 0.1) is 23.2 Å². The molecule has 3 saturated carbocycles. The maximum absolute atomic E-state index is 13.2. The summed E-state index contributed by atoms with van der Waals surface area (Å²) in [5.74, 6) is -0.211. The summed E-state index contributed by atoms with van der Waals surface area (Å²) in [7, 11) is 0. The van der Waals surface area contributed by atoms with Gasteiger partial charge in [0, 0.05) is 17.8 Å². The van der Waals surface area contributed by atoms with E-state index in [1.807, 2.05) is 20.8 Å². The Morgan fingerprint density at radius 2 is 1.80 bits per heavy atom. The minimum absolute atomic E-state index is 0.109. The number of aliphatic hydroxyl groups excluding tert-OH is 2. The highest BCUT2D eigenvalue weighted by molar-refractivity contribution is 5.97. The lowest BCUT2D eigenvalue weighted by Gasteiger charge is -2.61. The molecule has 0 radical (unpaired) electrons. The fraction of sp³-hybridized carbons (Fsp3) is 0.821. The number of ketones is 1. The molecule has 0 aromatic heterocycles. The van der Waals surface area contributed by atoms with Gasteiger partial charge in [-0.2, -0.15) is 0 Å². The van der Waals surface area contributed by atoms with Crippen LogP contribution in [0.1, 0.15) is 72.6 Å². The van der Waals surface area contributed by atoms with Crippen molar-refractivity contribution in [2.24, 2.45) is 28.6 Å². The molecule has 35 heavy (non-hydrogen) atoms. The first kappa shape index (κ1) is 23.1. The first-order valence-electron chi connectivity index (χ1n) is 13.4. The van der Waals surface area contributed by atoms with E-state index in [0.29, 0.717) is 25.7 Å². The lowest BCUT2D eigenvalue weighted by Crippen LogP contribution is -2.67. The van der Waals surface area contributed by atoms with Gasteiger partial charge in [-0.3, -0.25) is 4.79 Å². The van der Waals surface area contributed by atoms with Gasteiger partial charge in [0.1, 0.15) is 16.8 Å². The summed E-state index contributed by atoms with van der Waals surface area (Å²) in [6, 6.07) is 0. The lowest BCUT2D eigenvalue weighted by atomic mass is 9.45. The molecule has 7 heteroatoms. The number of carbonyl (C=O) groups excluding carboxylic acids is 1. The number of hydrogen-bond donors (Lipinski definition) is 4. The molecule has 5 aliphatic carbocycles. The second-order valence-electron chi connectivity index (χ2n) is 13.5. The maximum atomic E-state index is 13.2. The van der Waals surface area contributed by atoms with Crippen molar-refractivity contribution in [1.82, 2.24) is 0 Å². The summed E-state index contributed by atoms with van der Waals surface area (Å²) in [6.45, 7) is 7.88. The fourth-order valence-corrected chi connectivity index (χ4v) is 10.0. The van der Waals surface area contributed by atoms with Crippen LogP contribution in [-0.4, -0.2) is 67.1 Å². The summed E-state index contributed by atoms with van der Waals surface area (Å²) in [4.78, 5) is 13.2. The van der Waals surface area contributed by atoms with Crippen molar-refractivity contribution in [2.45, 2.75) is 114 Å². The van der Waals surface area contributed by atoms with Crippen molar-refractivity contribution in [2.75, 3.05) is 0 Å². The van der Waals surface area contributed by atoms with Gasteiger partial charge in [-0.05, 0) is 77.2 Å². The minimum Gasteiger partial charge on any atom is -0.390 e. The van der Waals surface area contributed by atoms with Crippen molar-refractivity contribution in [3.63, 3.8) is 0 Å². The quantitative estimate of drug-likeness (QED) is 0.331.